The van der Waals surface area contributed by atoms with Crippen LogP contribution in [0.3, 0.4) is 0 Å². The van der Waals surface area contributed by atoms with Gasteiger partial charge in [-0.25, -0.2) is 4.79 Å². The molecule has 0 N–H and O–H groups in total. The van der Waals surface area contributed by atoms with Crippen molar-refractivity contribution in [2.24, 2.45) is 5.41 Å². The summed E-state index contributed by atoms with van der Waals surface area (Å²) in [5.74, 6) is -1.21. The number of ether oxygens (including phenoxy) is 1. The topological polar surface area (TPSA) is 46.6 Å². The normalized spacial score (nSPS) is 20.1. The summed E-state index contributed by atoms with van der Waals surface area (Å²) in [5.41, 5.74) is 0.268. The monoisotopic (exact) mass is 227 g/mol. The van der Waals surface area contributed by atoms with Gasteiger partial charge in [0.25, 0.3) is 0 Å². The molecule has 0 aromatic rings. The molecule has 1 amide bonds. The molecule has 0 saturated carbocycles. The molecule has 1 aliphatic rings. The lowest BCUT2D eigenvalue weighted by atomic mass is 9.85. The Bertz CT molecular complexity index is 273. The molecule has 0 aromatic carbocycles. The van der Waals surface area contributed by atoms with Gasteiger partial charge in [0.2, 0.25) is 0 Å². The summed E-state index contributed by atoms with van der Waals surface area (Å²) < 4.78 is 4.72. The quantitative estimate of drug-likeness (QED) is 0.505. The fourth-order valence-electron chi connectivity index (χ4n) is 1.95. The average Bonchev–Trinajstić information content (AvgIpc) is 2.39. The predicted octanol–water partition coefficient (Wildman–Crippen LogP) is 1.59. The highest BCUT2D eigenvalue weighted by Crippen LogP contribution is 2.29. The van der Waals surface area contributed by atoms with Crippen LogP contribution >= 0.6 is 0 Å². The Hall–Kier alpha value is -1.06. The van der Waals surface area contributed by atoms with Crippen LogP contribution in [0.1, 0.15) is 40.0 Å². The van der Waals surface area contributed by atoms with Crippen molar-refractivity contribution in [1.29, 1.82) is 0 Å². The van der Waals surface area contributed by atoms with Gasteiger partial charge in [-0.2, -0.15) is 0 Å². The third-order valence-corrected chi connectivity index (χ3v) is 3.08. The van der Waals surface area contributed by atoms with Crippen molar-refractivity contribution in [2.75, 3.05) is 19.7 Å². The third-order valence-electron chi connectivity index (χ3n) is 3.08. The minimum absolute atomic E-state index is 0.254. The molecule has 4 nitrogen and oxygen atoms in total. The molecule has 4 heteroatoms. The van der Waals surface area contributed by atoms with Crippen molar-refractivity contribution in [3.05, 3.63) is 0 Å². The van der Waals surface area contributed by atoms with E-state index in [1.165, 1.54) is 0 Å². The second-order valence-corrected chi connectivity index (χ2v) is 5.03. The largest absolute Gasteiger partial charge is 0.459 e. The van der Waals surface area contributed by atoms with E-state index in [0.29, 0.717) is 13.1 Å². The second-order valence-electron chi connectivity index (χ2n) is 5.03. The predicted molar refractivity (Wildman–Crippen MR) is 60.8 cm³/mol. The minimum atomic E-state index is -0.720. The van der Waals surface area contributed by atoms with Gasteiger partial charge in [0.05, 0.1) is 6.61 Å². The number of nitrogens with zero attached hydrogens (tertiary/aromatic N) is 1. The minimum Gasteiger partial charge on any atom is -0.459 e. The van der Waals surface area contributed by atoms with E-state index in [1.807, 2.05) is 0 Å². The zero-order chi connectivity index (χ0) is 12.2. The summed E-state index contributed by atoms with van der Waals surface area (Å²) in [6, 6.07) is 0. The molecule has 92 valence electrons. The van der Waals surface area contributed by atoms with E-state index in [-0.39, 0.29) is 12.0 Å². The molecule has 1 rings (SSSR count). The standard InChI is InChI=1S/C12H21NO3/c1-4-16-11(15)10(14)13-8-5-6-12(2,3)7-9-13/h4-9H2,1-3H3. The molecule has 1 aliphatic heterocycles. The van der Waals surface area contributed by atoms with Gasteiger partial charge in [0.1, 0.15) is 0 Å². The van der Waals surface area contributed by atoms with Crippen LogP contribution in [0.25, 0.3) is 0 Å². The van der Waals surface area contributed by atoms with Gasteiger partial charge < -0.3 is 9.64 Å². The van der Waals surface area contributed by atoms with Crippen LogP contribution in [-0.4, -0.2) is 36.5 Å². The first-order valence-corrected chi connectivity index (χ1v) is 5.92. The van der Waals surface area contributed by atoms with Gasteiger partial charge in [-0.3, -0.25) is 4.79 Å². The molecule has 0 unspecified atom stereocenters. The Kier molecular flexibility index (Phi) is 4.33. The highest BCUT2D eigenvalue weighted by Gasteiger charge is 2.28. The maximum atomic E-state index is 11.7. The molecule has 1 saturated heterocycles. The van der Waals surface area contributed by atoms with Crippen LogP contribution in [0.5, 0.6) is 0 Å². The van der Waals surface area contributed by atoms with E-state index in [4.69, 9.17) is 4.74 Å². The first-order valence-electron chi connectivity index (χ1n) is 5.92. The van der Waals surface area contributed by atoms with Crippen molar-refractivity contribution in [3.63, 3.8) is 0 Å². The smallest absolute Gasteiger partial charge is 0.397 e. The molecule has 0 atom stereocenters. The van der Waals surface area contributed by atoms with E-state index >= 15 is 0 Å². The lowest BCUT2D eigenvalue weighted by Gasteiger charge is -2.22. The summed E-state index contributed by atoms with van der Waals surface area (Å²) >= 11 is 0. The van der Waals surface area contributed by atoms with Gasteiger partial charge in [0, 0.05) is 13.1 Å². The summed E-state index contributed by atoms with van der Waals surface area (Å²) in [7, 11) is 0. The number of hydrogen-bond donors (Lipinski definition) is 0. The van der Waals surface area contributed by atoms with Crippen molar-refractivity contribution in [3.8, 4) is 0 Å². The molecule has 16 heavy (non-hydrogen) atoms. The van der Waals surface area contributed by atoms with Crippen LogP contribution < -0.4 is 0 Å². The number of rotatable bonds is 1. The zero-order valence-electron chi connectivity index (χ0n) is 10.4. The molecule has 0 radical (unpaired) electrons. The van der Waals surface area contributed by atoms with Crippen LogP contribution in [0.15, 0.2) is 0 Å². The first kappa shape index (κ1) is 13.0. The lowest BCUT2D eigenvalue weighted by Crippen LogP contribution is -2.38. The van der Waals surface area contributed by atoms with Gasteiger partial charge >= 0.3 is 11.9 Å². The fourth-order valence-corrected chi connectivity index (χ4v) is 1.95. The van der Waals surface area contributed by atoms with Gasteiger partial charge in [-0.05, 0) is 31.6 Å². The molecule has 0 aliphatic carbocycles. The summed E-state index contributed by atoms with van der Waals surface area (Å²) in [6.07, 6.45) is 3.00. The van der Waals surface area contributed by atoms with E-state index in [1.54, 1.807) is 11.8 Å². The second kappa shape index (κ2) is 5.32. The van der Waals surface area contributed by atoms with Crippen molar-refractivity contribution in [1.82, 2.24) is 4.90 Å². The Labute approximate surface area is 96.9 Å². The Morgan fingerprint density at radius 3 is 2.56 bits per heavy atom. The van der Waals surface area contributed by atoms with E-state index < -0.39 is 11.9 Å². The average molecular weight is 227 g/mol. The van der Waals surface area contributed by atoms with Crippen molar-refractivity contribution in [2.45, 2.75) is 40.0 Å². The fraction of sp³-hybridized carbons (Fsp3) is 0.833. The SMILES string of the molecule is CCOC(=O)C(=O)N1CCCC(C)(C)CC1. The van der Waals surface area contributed by atoms with Gasteiger partial charge in [-0.15, -0.1) is 0 Å². The number of carbonyl (C=O) groups is 2. The maximum absolute atomic E-state index is 11.7. The van der Waals surface area contributed by atoms with E-state index in [2.05, 4.69) is 13.8 Å². The van der Waals surface area contributed by atoms with Crippen LogP contribution in [0.2, 0.25) is 0 Å². The molecule has 0 aromatic heterocycles. The van der Waals surface area contributed by atoms with Crippen molar-refractivity contribution < 1.29 is 14.3 Å². The third kappa shape index (κ3) is 3.51. The first-order chi connectivity index (χ1) is 7.46. The number of likely N-dealkylation sites (tertiary alicyclic amines) is 1. The van der Waals surface area contributed by atoms with Gasteiger partial charge in [-0.1, -0.05) is 13.8 Å². The lowest BCUT2D eigenvalue weighted by molar-refractivity contribution is -0.159. The molecule has 0 bridgehead atoms. The molecule has 1 heterocycles. The van der Waals surface area contributed by atoms with E-state index in [9.17, 15) is 9.59 Å². The molecular formula is C12H21NO3. The van der Waals surface area contributed by atoms with Crippen molar-refractivity contribution >= 4 is 11.9 Å². The highest BCUT2D eigenvalue weighted by molar-refractivity contribution is 6.32. The Morgan fingerprint density at radius 1 is 1.25 bits per heavy atom. The van der Waals surface area contributed by atoms with Crippen LogP contribution in [0, 0.1) is 5.41 Å². The summed E-state index contributed by atoms with van der Waals surface area (Å²) in [4.78, 5) is 24.6. The van der Waals surface area contributed by atoms with Crippen LogP contribution in [-0.2, 0) is 14.3 Å². The Balaban J connectivity index is 2.54. The molecule has 1 fully saturated rings. The maximum Gasteiger partial charge on any atom is 0.397 e. The highest BCUT2D eigenvalue weighted by atomic mass is 16.5. The zero-order valence-corrected chi connectivity index (χ0v) is 10.4. The Morgan fingerprint density at radius 2 is 1.94 bits per heavy atom. The van der Waals surface area contributed by atoms with E-state index in [0.717, 1.165) is 19.3 Å². The number of carbonyl (C=O) groups excluding carboxylic acids is 2. The number of amides is 1. The number of hydrogen-bond acceptors (Lipinski definition) is 3. The number of esters is 1. The van der Waals surface area contributed by atoms with Gasteiger partial charge in [0.15, 0.2) is 0 Å². The molecule has 0 spiro atoms. The van der Waals surface area contributed by atoms with Crippen LogP contribution in [0.4, 0.5) is 0 Å². The summed E-state index contributed by atoms with van der Waals surface area (Å²) in [5, 5.41) is 0. The summed E-state index contributed by atoms with van der Waals surface area (Å²) in [6.45, 7) is 7.68. The molecular weight excluding hydrogens is 206 g/mol.